The van der Waals surface area contributed by atoms with E-state index < -0.39 is 0 Å². The highest BCUT2D eigenvalue weighted by molar-refractivity contribution is 5.32. The van der Waals surface area contributed by atoms with Gasteiger partial charge in [0.25, 0.3) is 0 Å². The first-order valence-corrected chi connectivity index (χ1v) is 5.84. The second-order valence-corrected chi connectivity index (χ2v) is 5.40. The number of hydrogen-bond donors (Lipinski definition) is 1. The second kappa shape index (κ2) is 3.05. The van der Waals surface area contributed by atoms with Gasteiger partial charge in [-0.25, -0.2) is 0 Å². The van der Waals surface area contributed by atoms with Crippen molar-refractivity contribution >= 4 is 0 Å². The number of pyridine rings is 1. The van der Waals surface area contributed by atoms with E-state index in [2.05, 4.69) is 29.5 Å². The number of hydrogen-bond acceptors (Lipinski definition) is 2. The molecule has 1 aromatic rings. The molecule has 80 valence electrons. The first-order valence-electron chi connectivity index (χ1n) is 5.84. The Bertz CT molecular complexity index is 346. The van der Waals surface area contributed by atoms with Crippen molar-refractivity contribution in [2.24, 2.45) is 5.41 Å². The van der Waals surface area contributed by atoms with Crippen molar-refractivity contribution in [3.8, 4) is 0 Å². The molecule has 1 heterocycles. The summed E-state index contributed by atoms with van der Waals surface area (Å²) in [5, 5.41) is 3.35. The first kappa shape index (κ1) is 9.34. The Hall–Kier alpha value is -0.890. The van der Waals surface area contributed by atoms with E-state index in [9.17, 15) is 0 Å². The Morgan fingerprint density at radius 3 is 2.47 bits per heavy atom. The molecule has 0 unspecified atom stereocenters. The summed E-state index contributed by atoms with van der Waals surface area (Å²) >= 11 is 0. The van der Waals surface area contributed by atoms with Gasteiger partial charge in [-0.3, -0.25) is 4.98 Å². The fraction of sp³-hybridized carbons (Fsp3) is 0.615. The fourth-order valence-electron chi connectivity index (χ4n) is 3.39. The van der Waals surface area contributed by atoms with Crippen LogP contribution < -0.4 is 5.32 Å². The summed E-state index contributed by atoms with van der Waals surface area (Å²) in [4.78, 5) is 4.11. The molecule has 0 aromatic carbocycles. The molecule has 2 aliphatic rings. The normalized spacial score (nSPS) is 24.9. The maximum Gasteiger partial charge on any atom is 0.0270 e. The van der Waals surface area contributed by atoms with Gasteiger partial charge in [0, 0.05) is 24.4 Å². The van der Waals surface area contributed by atoms with Crippen LogP contribution in [0.4, 0.5) is 0 Å². The lowest BCUT2D eigenvalue weighted by atomic mass is 9.56. The lowest BCUT2D eigenvalue weighted by Crippen LogP contribution is -2.49. The summed E-state index contributed by atoms with van der Waals surface area (Å²) in [6.45, 7) is 1.11. The average molecular weight is 202 g/mol. The third-order valence-corrected chi connectivity index (χ3v) is 4.19. The Morgan fingerprint density at radius 2 is 1.93 bits per heavy atom. The molecule has 15 heavy (non-hydrogen) atoms. The number of nitrogens with one attached hydrogen (secondary N) is 1. The molecule has 1 spiro atoms. The quantitative estimate of drug-likeness (QED) is 0.812. The van der Waals surface area contributed by atoms with Gasteiger partial charge < -0.3 is 5.32 Å². The highest BCUT2D eigenvalue weighted by atomic mass is 14.9. The standard InChI is InChI=1S/C13H18N2/c1-14-10-13(8-12(9-13)4-5-12)11-2-6-15-7-3-11/h2-3,6-7,14H,4-5,8-10H2,1H3. The SMILES string of the molecule is CNCC1(c2ccncc2)CC2(CC2)C1. The smallest absolute Gasteiger partial charge is 0.0270 e. The van der Waals surface area contributed by atoms with Crippen LogP contribution in [-0.2, 0) is 5.41 Å². The van der Waals surface area contributed by atoms with Crippen LogP contribution in [0.5, 0.6) is 0 Å². The monoisotopic (exact) mass is 202 g/mol. The maximum atomic E-state index is 4.11. The van der Waals surface area contributed by atoms with Crippen LogP contribution in [0.1, 0.15) is 31.2 Å². The summed E-state index contributed by atoms with van der Waals surface area (Å²) in [5.74, 6) is 0. The largest absolute Gasteiger partial charge is 0.319 e. The highest BCUT2D eigenvalue weighted by Gasteiger charge is 2.60. The first-order chi connectivity index (χ1) is 7.29. The molecule has 3 rings (SSSR count). The molecular weight excluding hydrogens is 184 g/mol. The van der Waals surface area contributed by atoms with E-state index in [1.165, 1.54) is 31.2 Å². The Kier molecular flexibility index (Phi) is 1.90. The van der Waals surface area contributed by atoms with Crippen LogP contribution in [-0.4, -0.2) is 18.6 Å². The lowest BCUT2D eigenvalue weighted by Gasteiger charge is -2.49. The van der Waals surface area contributed by atoms with Gasteiger partial charge in [0.15, 0.2) is 0 Å². The minimum absolute atomic E-state index is 0.411. The summed E-state index contributed by atoms with van der Waals surface area (Å²) in [6.07, 6.45) is 9.53. The van der Waals surface area contributed by atoms with Crippen LogP contribution in [0.3, 0.4) is 0 Å². The van der Waals surface area contributed by atoms with Crippen molar-refractivity contribution in [1.82, 2.24) is 10.3 Å². The molecule has 2 nitrogen and oxygen atoms in total. The second-order valence-electron chi connectivity index (χ2n) is 5.40. The molecule has 2 aliphatic carbocycles. The average Bonchev–Trinajstić information content (AvgIpc) is 2.99. The van der Waals surface area contributed by atoms with Crippen molar-refractivity contribution in [3.63, 3.8) is 0 Å². The van der Waals surface area contributed by atoms with Crippen LogP contribution >= 0.6 is 0 Å². The molecule has 0 amide bonds. The van der Waals surface area contributed by atoms with Gasteiger partial charge in [-0.15, -0.1) is 0 Å². The van der Waals surface area contributed by atoms with E-state index in [1.54, 1.807) is 0 Å². The molecule has 0 aliphatic heterocycles. The zero-order chi connectivity index (χ0) is 10.4. The van der Waals surface area contributed by atoms with Crippen LogP contribution in [0, 0.1) is 5.41 Å². The Labute approximate surface area is 91.1 Å². The predicted molar refractivity (Wildman–Crippen MR) is 60.7 cm³/mol. The van der Waals surface area contributed by atoms with E-state index in [0.29, 0.717) is 5.41 Å². The van der Waals surface area contributed by atoms with Crippen molar-refractivity contribution < 1.29 is 0 Å². The molecular formula is C13H18N2. The molecule has 2 heteroatoms. The Balaban J connectivity index is 1.86. The van der Waals surface area contributed by atoms with Gasteiger partial charge in [0.05, 0.1) is 0 Å². The van der Waals surface area contributed by atoms with E-state index in [4.69, 9.17) is 0 Å². The minimum Gasteiger partial charge on any atom is -0.319 e. The third kappa shape index (κ3) is 1.39. The third-order valence-electron chi connectivity index (χ3n) is 4.19. The number of likely N-dealkylation sites (N-methyl/N-ethyl adjacent to an activating group) is 1. The topological polar surface area (TPSA) is 24.9 Å². The van der Waals surface area contributed by atoms with E-state index in [-0.39, 0.29) is 0 Å². The van der Waals surface area contributed by atoms with Gasteiger partial charge >= 0.3 is 0 Å². The minimum atomic E-state index is 0.411. The van der Waals surface area contributed by atoms with Crippen LogP contribution in [0.15, 0.2) is 24.5 Å². The van der Waals surface area contributed by atoms with Crippen molar-refractivity contribution in [2.45, 2.75) is 31.1 Å². The molecule has 0 bridgehead atoms. The number of nitrogens with zero attached hydrogens (tertiary/aromatic N) is 1. The summed E-state index contributed by atoms with van der Waals surface area (Å²) in [5.41, 5.74) is 2.64. The van der Waals surface area contributed by atoms with E-state index in [0.717, 1.165) is 12.0 Å². The Morgan fingerprint density at radius 1 is 1.27 bits per heavy atom. The maximum absolute atomic E-state index is 4.11. The predicted octanol–water partition coefficient (Wildman–Crippen LogP) is 2.11. The molecule has 0 radical (unpaired) electrons. The summed E-state index contributed by atoms with van der Waals surface area (Å²) in [6, 6.07) is 4.37. The molecule has 1 aromatic heterocycles. The molecule has 2 saturated carbocycles. The van der Waals surface area contributed by atoms with Gasteiger partial charge in [-0.1, -0.05) is 0 Å². The van der Waals surface area contributed by atoms with Crippen molar-refractivity contribution in [2.75, 3.05) is 13.6 Å². The number of rotatable bonds is 3. The van der Waals surface area contributed by atoms with Crippen LogP contribution in [0.25, 0.3) is 0 Å². The molecule has 1 N–H and O–H groups in total. The molecule has 0 saturated heterocycles. The molecule has 2 fully saturated rings. The number of aromatic nitrogens is 1. The summed E-state index contributed by atoms with van der Waals surface area (Å²) < 4.78 is 0. The molecule has 0 atom stereocenters. The fourth-order valence-corrected chi connectivity index (χ4v) is 3.39. The van der Waals surface area contributed by atoms with Crippen LogP contribution in [0.2, 0.25) is 0 Å². The summed E-state index contributed by atoms with van der Waals surface area (Å²) in [7, 11) is 2.06. The van der Waals surface area contributed by atoms with Crippen molar-refractivity contribution in [1.29, 1.82) is 0 Å². The highest BCUT2D eigenvalue weighted by Crippen LogP contribution is 2.68. The van der Waals surface area contributed by atoms with Crippen molar-refractivity contribution in [3.05, 3.63) is 30.1 Å². The van der Waals surface area contributed by atoms with E-state index >= 15 is 0 Å². The van der Waals surface area contributed by atoms with Gasteiger partial charge in [0.2, 0.25) is 0 Å². The zero-order valence-corrected chi connectivity index (χ0v) is 9.29. The van der Waals surface area contributed by atoms with Gasteiger partial charge in [-0.05, 0) is 55.8 Å². The van der Waals surface area contributed by atoms with Gasteiger partial charge in [0.1, 0.15) is 0 Å². The van der Waals surface area contributed by atoms with E-state index in [1.807, 2.05) is 12.4 Å². The zero-order valence-electron chi connectivity index (χ0n) is 9.29. The lowest BCUT2D eigenvalue weighted by molar-refractivity contribution is 0.118. The van der Waals surface area contributed by atoms with Gasteiger partial charge in [-0.2, -0.15) is 0 Å².